The molecule has 0 aromatic heterocycles. The molecule has 1 saturated heterocycles. The molecule has 0 radical (unpaired) electrons. The molecule has 0 aromatic carbocycles. The molecule has 1 rings (SSSR count). The van der Waals surface area contributed by atoms with Gasteiger partial charge < -0.3 is 15.2 Å². The summed E-state index contributed by atoms with van der Waals surface area (Å²) in [6.45, 7) is 5.40. The van der Waals surface area contributed by atoms with Gasteiger partial charge in [-0.1, -0.05) is 0 Å². The van der Waals surface area contributed by atoms with Gasteiger partial charge in [-0.3, -0.25) is 4.21 Å². The Balaban J connectivity index is 2.35. The van der Waals surface area contributed by atoms with E-state index in [1.165, 1.54) is 0 Å². The highest BCUT2D eigenvalue weighted by Crippen LogP contribution is 2.19. The largest absolute Gasteiger partial charge is 0.444 e. The van der Waals surface area contributed by atoms with E-state index in [4.69, 9.17) is 4.74 Å². The molecule has 2 N–H and O–H groups in total. The Morgan fingerprint density at radius 1 is 1.56 bits per heavy atom. The van der Waals surface area contributed by atoms with Gasteiger partial charge in [0, 0.05) is 16.6 Å². The van der Waals surface area contributed by atoms with Crippen LogP contribution in [-0.4, -0.2) is 44.7 Å². The zero-order chi connectivity index (χ0) is 12.4. The van der Waals surface area contributed by atoms with Crippen molar-refractivity contribution in [2.75, 3.05) is 18.1 Å². The van der Waals surface area contributed by atoms with Crippen molar-refractivity contribution < 1.29 is 18.8 Å². The molecule has 1 amide bonds. The third-order valence-corrected chi connectivity index (χ3v) is 3.70. The van der Waals surface area contributed by atoms with Gasteiger partial charge >= 0.3 is 6.09 Å². The number of amides is 1. The standard InChI is InChI=1S/C10H19NO4S/c1-9(2,3)15-8(12)11-6-10(13)4-5-16(14)7-10/h13H,4-7H2,1-3H3,(H,11,12)/t10-,16-/m1/s1. The fraction of sp³-hybridized carbons (Fsp3) is 0.900. The highest BCUT2D eigenvalue weighted by molar-refractivity contribution is 7.85. The smallest absolute Gasteiger partial charge is 0.407 e. The number of nitrogens with one attached hydrogen (secondary N) is 1. The normalized spacial score (nSPS) is 30.1. The lowest BCUT2D eigenvalue weighted by molar-refractivity contribution is 0.0360. The van der Waals surface area contributed by atoms with E-state index in [0.29, 0.717) is 12.2 Å². The van der Waals surface area contributed by atoms with E-state index in [1.54, 1.807) is 20.8 Å². The maximum absolute atomic E-state index is 11.3. The molecule has 1 fully saturated rings. The number of carbonyl (C=O) groups excluding carboxylic acids is 1. The molecule has 0 unspecified atom stereocenters. The van der Waals surface area contributed by atoms with Crippen LogP contribution in [0.25, 0.3) is 0 Å². The van der Waals surface area contributed by atoms with Crippen molar-refractivity contribution >= 4 is 16.9 Å². The molecule has 0 saturated carbocycles. The van der Waals surface area contributed by atoms with Crippen LogP contribution < -0.4 is 5.32 Å². The van der Waals surface area contributed by atoms with Crippen molar-refractivity contribution in [3.63, 3.8) is 0 Å². The first kappa shape index (κ1) is 13.4. The van der Waals surface area contributed by atoms with Crippen LogP contribution >= 0.6 is 0 Å². The molecular weight excluding hydrogens is 230 g/mol. The predicted octanol–water partition coefficient (Wildman–Crippen LogP) is 0.395. The molecule has 16 heavy (non-hydrogen) atoms. The number of ether oxygens (including phenoxy) is 1. The van der Waals surface area contributed by atoms with Gasteiger partial charge in [-0.25, -0.2) is 4.79 Å². The summed E-state index contributed by atoms with van der Waals surface area (Å²) in [5.41, 5.74) is -1.59. The molecule has 2 atom stereocenters. The van der Waals surface area contributed by atoms with Gasteiger partial charge in [0.05, 0.1) is 17.9 Å². The summed E-state index contributed by atoms with van der Waals surface area (Å²) in [5.74, 6) is 0.718. The highest BCUT2D eigenvalue weighted by Gasteiger charge is 2.36. The Bertz CT molecular complexity index is 300. The molecule has 6 heteroatoms. The van der Waals surface area contributed by atoms with Crippen LogP contribution in [0, 0.1) is 0 Å². The number of rotatable bonds is 2. The van der Waals surface area contributed by atoms with Crippen LogP contribution in [0.5, 0.6) is 0 Å². The number of aliphatic hydroxyl groups is 1. The van der Waals surface area contributed by atoms with Gasteiger partial charge in [-0.15, -0.1) is 0 Å². The average Bonchev–Trinajstić information content (AvgIpc) is 2.41. The Kier molecular flexibility index (Phi) is 3.96. The highest BCUT2D eigenvalue weighted by atomic mass is 32.2. The molecule has 0 bridgehead atoms. The number of carbonyl (C=O) groups is 1. The summed E-state index contributed by atoms with van der Waals surface area (Å²) in [6.07, 6.45) is -0.103. The Morgan fingerprint density at radius 2 is 2.19 bits per heavy atom. The second-order valence-electron chi connectivity index (χ2n) is 5.12. The van der Waals surface area contributed by atoms with Crippen molar-refractivity contribution in [1.29, 1.82) is 0 Å². The summed E-state index contributed by atoms with van der Waals surface area (Å²) in [5, 5.41) is 12.4. The Morgan fingerprint density at radius 3 is 2.62 bits per heavy atom. The van der Waals surface area contributed by atoms with Gasteiger partial charge in [0.2, 0.25) is 0 Å². The van der Waals surface area contributed by atoms with Gasteiger partial charge in [-0.2, -0.15) is 0 Å². The molecular formula is C10H19NO4S. The lowest BCUT2D eigenvalue weighted by Crippen LogP contribution is -2.45. The minimum atomic E-state index is -1.04. The third-order valence-electron chi connectivity index (χ3n) is 2.19. The molecule has 0 spiro atoms. The SMILES string of the molecule is CC(C)(C)OC(=O)NC[C@]1(O)CC[S@@](=O)C1. The van der Waals surface area contributed by atoms with E-state index in [-0.39, 0.29) is 12.3 Å². The van der Waals surface area contributed by atoms with Crippen LogP contribution in [0.2, 0.25) is 0 Å². The van der Waals surface area contributed by atoms with Crippen molar-refractivity contribution in [3.05, 3.63) is 0 Å². The summed E-state index contributed by atoms with van der Waals surface area (Å²) >= 11 is 0. The van der Waals surface area contributed by atoms with Crippen LogP contribution in [0.3, 0.4) is 0 Å². The van der Waals surface area contributed by atoms with Crippen molar-refractivity contribution in [3.8, 4) is 0 Å². The van der Waals surface area contributed by atoms with Crippen LogP contribution in [0.15, 0.2) is 0 Å². The first-order valence-electron chi connectivity index (χ1n) is 5.24. The second kappa shape index (κ2) is 4.71. The van der Waals surface area contributed by atoms with Crippen molar-refractivity contribution in [1.82, 2.24) is 5.32 Å². The first-order valence-corrected chi connectivity index (χ1v) is 6.73. The van der Waals surface area contributed by atoms with Crippen molar-refractivity contribution in [2.45, 2.75) is 38.4 Å². The van der Waals surface area contributed by atoms with Gasteiger partial charge in [0.15, 0.2) is 0 Å². The number of hydrogen-bond acceptors (Lipinski definition) is 4. The van der Waals surface area contributed by atoms with E-state index < -0.39 is 28.1 Å². The maximum atomic E-state index is 11.3. The van der Waals surface area contributed by atoms with Gasteiger partial charge in [0.1, 0.15) is 5.60 Å². The minimum Gasteiger partial charge on any atom is -0.444 e. The molecule has 0 aliphatic carbocycles. The third kappa shape index (κ3) is 4.49. The molecule has 0 aromatic rings. The Hall–Kier alpha value is -0.620. The van der Waals surface area contributed by atoms with Gasteiger partial charge in [0.25, 0.3) is 0 Å². The zero-order valence-electron chi connectivity index (χ0n) is 9.91. The lowest BCUT2D eigenvalue weighted by Gasteiger charge is -2.24. The molecule has 94 valence electrons. The fourth-order valence-electron chi connectivity index (χ4n) is 1.44. The Labute approximate surface area is 98.0 Å². The number of alkyl carbamates (subject to hydrolysis) is 1. The number of hydrogen-bond donors (Lipinski definition) is 2. The van der Waals surface area contributed by atoms with Crippen molar-refractivity contribution in [2.24, 2.45) is 0 Å². The van der Waals surface area contributed by atoms with E-state index in [0.717, 1.165) is 0 Å². The minimum absolute atomic E-state index is 0.0909. The lowest BCUT2D eigenvalue weighted by atomic mass is 10.0. The average molecular weight is 249 g/mol. The summed E-state index contributed by atoms with van der Waals surface area (Å²) < 4.78 is 16.2. The molecule has 5 nitrogen and oxygen atoms in total. The van der Waals surface area contributed by atoms with E-state index in [9.17, 15) is 14.1 Å². The summed E-state index contributed by atoms with van der Waals surface area (Å²) in [6, 6.07) is 0. The molecule has 1 aliphatic rings. The summed E-state index contributed by atoms with van der Waals surface area (Å²) in [7, 11) is -0.968. The second-order valence-corrected chi connectivity index (χ2v) is 6.69. The van der Waals surface area contributed by atoms with Crippen LogP contribution in [0.4, 0.5) is 4.79 Å². The predicted molar refractivity (Wildman–Crippen MR) is 61.7 cm³/mol. The van der Waals surface area contributed by atoms with E-state index in [1.807, 2.05) is 0 Å². The molecule has 1 heterocycles. The maximum Gasteiger partial charge on any atom is 0.407 e. The summed E-state index contributed by atoms with van der Waals surface area (Å²) in [4.78, 5) is 11.3. The van der Waals surface area contributed by atoms with E-state index >= 15 is 0 Å². The topological polar surface area (TPSA) is 75.6 Å². The van der Waals surface area contributed by atoms with E-state index in [2.05, 4.69) is 5.32 Å². The monoisotopic (exact) mass is 249 g/mol. The van der Waals surface area contributed by atoms with Gasteiger partial charge in [-0.05, 0) is 27.2 Å². The fourth-order valence-corrected chi connectivity index (χ4v) is 3.04. The molecule has 1 aliphatic heterocycles. The zero-order valence-corrected chi connectivity index (χ0v) is 10.7. The van der Waals surface area contributed by atoms with Crippen LogP contribution in [-0.2, 0) is 15.5 Å². The quantitative estimate of drug-likeness (QED) is 0.742. The van der Waals surface area contributed by atoms with Crippen LogP contribution in [0.1, 0.15) is 27.2 Å². The first-order chi connectivity index (χ1) is 7.20.